The lowest BCUT2D eigenvalue weighted by molar-refractivity contribution is -0.110. The fourth-order valence-electron chi connectivity index (χ4n) is 5.40. The Balaban J connectivity index is 0.00000130. The van der Waals surface area contributed by atoms with Crippen molar-refractivity contribution in [2.24, 2.45) is 11.3 Å². The van der Waals surface area contributed by atoms with Gasteiger partial charge in [-0.1, -0.05) is 31.1 Å². The number of aromatic hydroxyl groups is 1. The molecule has 9 heteroatoms. The fraction of sp³-hybridized carbons (Fsp3) is 0.407. The molecule has 1 aliphatic carbocycles. The Labute approximate surface area is 213 Å². The number of hydrogen-bond donors (Lipinski definition) is 2. The smallest absolute Gasteiger partial charge is 0.172 e. The molecule has 188 valence electrons. The second-order valence-electron chi connectivity index (χ2n) is 10.1. The summed E-state index contributed by atoms with van der Waals surface area (Å²) in [6.45, 7) is 5.98. The summed E-state index contributed by atoms with van der Waals surface area (Å²) in [4.78, 5) is 15.9. The number of carbonyl (C=O) groups excluding carboxylic acids is 1. The number of anilines is 1. The molecule has 1 saturated heterocycles. The van der Waals surface area contributed by atoms with Crippen LogP contribution in [0.2, 0.25) is 0 Å². The van der Waals surface area contributed by atoms with Gasteiger partial charge in [-0.15, -0.1) is 21.5 Å². The lowest BCUT2D eigenvalue weighted by Crippen LogP contribution is -2.61. The summed E-state index contributed by atoms with van der Waals surface area (Å²) in [6, 6.07) is 13.4. The predicted octanol–water partition coefficient (Wildman–Crippen LogP) is 4.98. The number of benzene rings is 1. The summed E-state index contributed by atoms with van der Waals surface area (Å²) in [5.41, 5.74) is 1.73. The third kappa shape index (κ3) is 4.26. The molecule has 3 aromatic heterocycles. The van der Waals surface area contributed by atoms with Crippen molar-refractivity contribution >= 4 is 33.7 Å². The van der Waals surface area contributed by atoms with Crippen molar-refractivity contribution in [2.75, 3.05) is 25.1 Å². The molecule has 2 aliphatic rings. The first-order valence-electron chi connectivity index (χ1n) is 12.1. The van der Waals surface area contributed by atoms with E-state index < -0.39 is 0 Å². The lowest BCUT2D eigenvalue weighted by atomic mass is 9.57. The van der Waals surface area contributed by atoms with Gasteiger partial charge in [0.25, 0.3) is 0 Å². The predicted molar refractivity (Wildman–Crippen MR) is 139 cm³/mol. The molecule has 2 N–H and O–H groups in total. The van der Waals surface area contributed by atoms with Crippen LogP contribution in [-0.2, 0) is 4.79 Å². The summed E-state index contributed by atoms with van der Waals surface area (Å²) in [6.07, 6.45) is 3.26. The van der Waals surface area contributed by atoms with E-state index in [1.54, 1.807) is 23.5 Å². The molecule has 1 aromatic carbocycles. The Hall–Kier alpha value is -3.30. The normalized spacial score (nSPS) is 17.4. The molecule has 4 heterocycles. The van der Waals surface area contributed by atoms with Gasteiger partial charge in [0.1, 0.15) is 22.6 Å². The van der Waals surface area contributed by atoms with Gasteiger partial charge in [-0.05, 0) is 48.9 Å². The molecule has 6 rings (SSSR count). The summed E-state index contributed by atoms with van der Waals surface area (Å²) in [5.74, 6) is 2.20. The first kappa shape index (κ1) is 24.4. The fourth-order valence-corrected chi connectivity index (χ4v) is 6.46. The molecule has 36 heavy (non-hydrogen) atoms. The molecule has 1 unspecified atom stereocenters. The highest BCUT2D eigenvalue weighted by Crippen LogP contribution is 2.58. The van der Waals surface area contributed by atoms with E-state index in [-0.39, 0.29) is 17.6 Å². The van der Waals surface area contributed by atoms with Gasteiger partial charge in [-0.2, -0.15) is 0 Å². The molecule has 0 bridgehead atoms. The number of phenols is 1. The van der Waals surface area contributed by atoms with Crippen molar-refractivity contribution in [3.8, 4) is 17.0 Å². The Bertz CT molecular complexity index is 1370. The highest BCUT2D eigenvalue weighted by atomic mass is 32.1. The van der Waals surface area contributed by atoms with E-state index in [0.717, 1.165) is 55.4 Å². The Morgan fingerprint density at radius 2 is 1.89 bits per heavy atom. The zero-order valence-corrected chi connectivity index (χ0v) is 21.4. The molecule has 1 atom stereocenters. The van der Waals surface area contributed by atoms with E-state index in [4.69, 9.17) is 9.63 Å². The minimum atomic E-state index is -0.244. The number of aliphatic hydroxyl groups is 1. The van der Waals surface area contributed by atoms with Gasteiger partial charge < -0.3 is 24.4 Å². The number of thiophene rings is 1. The van der Waals surface area contributed by atoms with E-state index in [2.05, 4.69) is 26.3 Å². The highest BCUT2D eigenvalue weighted by molar-refractivity contribution is 7.18. The third-order valence-electron chi connectivity index (χ3n) is 7.33. The summed E-state index contributed by atoms with van der Waals surface area (Å²) in [5, 5.41) is 31.2. The third-order valence-corrected chi connectivity index (χ3v) is 8.52. The van der Waals surface area contributed by atoms with Crippen LogP contribution in [0.1, 0.15) is 49.2 Å². The average Bonchev–Trinajstić information content (AvgIpc) is 3.46. The molecule has 4 aromatic rings. The maximum Gasteiger partial charge on any atom is 0.172 e. The quantitative estimate of drug-likeness (QED) is 0.352. The number of nitrogens with zero attached hydrogens (tertiary/aromatic N) is 4. The highest BCUT2D eigenvalue weighted by Gasteiger charge is 2.53. The number of aldehydes is 1. The van der Waals surface area contributed by atoms with Gasteiger partial charge in [0.15, 0.2) is 5.82 Å². The van der Waals surface area contributed by atoms with Crippen LogP contribution < -0.4 is 4.90 Å². The number of phenolic OH excluding ortho intramolecular Hbond substituents is 1. The van der Waals surface area contributed by atoms with Crippen molar-refractivity contribution in [3.05, 3.63) is 53.1 Å². The lowest BCUT2D eigenvalue weighted by Gasteiger charge is -2.59. The SMILES string of the molecule is CC(C)C(C=O)c1cc(N2CC3(CC(c4cc5cc(-c6ccccc6O)nnc5s4)C3)C2)no1.CO. The largest absolute Gasteiger partial charge is 0.507 e. The van der Waals surface area contributed by atoms with Crippen molar-refractivity contribution in [2.45, 2.75) is 38.5 Å². The summed E-state index contributed by atoms with van der Waals surface area (Å²) in [7, 11) is 1.00. The van der Waals surface area contributed by atoms with Crippen molar-refractivity contribution < 1.29 is 19.5 Å². The summed E-state index contributed by atoms with van der Waals surface area (Å²) < 4.78 is 5.48. The minimum Gasteiger partial charge on any atom is -0.507 e. The van der Waals surface area contributed by atoms with Crippen LogP contribution in [0.5, 0.6) is 5.75 Å². The van der Waals surface area contributed by atoms with Crippen LogP contribution in [0.4, 0.5) is 5.82 Å². The number of para-hydroxylation sites is 1. The van der Waals surface area contributed by atoms with E-state index >= 15 is 0 Å². The summed E-state index contributed by atoms with van der Waals surface area (Å²) >= 11 is 1.72. The maximum atomic E-state index is 11.4. The number of aromatic nitrogens is 3. The van der Waals surface area contributed by atoms with Crippen molar-refractivity contribution in [1.29, 1.82) is 0 Å². The number of carbonyl (C=O) groups is 1. The standard InChI is InChI=1S/C26H26N4O3S.CH4O/c1-15(2)19(12-31)22-9-24(29-33-22)30-13-26(14-30)10-17(11-26)23-8-16-7-20(27-28-25(16)34-23)18-5-3-4-6-21(18)32;1-2/h3-9,12,15,17,19,32H,10-11,13-14H2,1-2H3;2H,1H3. The van der Waals surface area contributed by atoms with Gasteiger partial charge in [0.2, 0.25) is 0 Å². The van der Waals surface area contributed by atoms with Gasteiger partial charge in [0, 0.05) is 47.5 Å². The Morgan fingerprint density at radius 3 is 2.58 bits per heavy atom. The molecule has 2 fully saturated rings. The monoisotopic (exact) mass is 506 g/mol. The molecular formula is C27H30N4O4S. The minimum absolute atomic E-state index is 0.189. The van der Waals surface area contributed by atoms with Crippen LogP contribution in [0.15, 0.2) is 47.0 Å². The van der Waals surface area contributed by atoms with E-state index in [0.29, 0.717) is 28.4 Å². The van der Waals surface area contributed by atoms with E-state index in [1.807, 2.05) is 38.1 Å². The topological polar surface area (TPSA) is 113 Å². The first-order chi connectivity index (χ1) is 17.4. The maximum absolute atomic E-state index is 11.4. The molecule has 1 saturated carbocycles. The zero-order valence-electron chi connectivity index (χ0n) is 20.6. The number of fused-ring (bicyclic) bond motifs is 1. The number of rotatable bonds is 6. The van der Waals surface area contributed by atoms with Crippen LogP contribution >= 0.6 is 11.3 Å². The zero-order chi connectivity index (χ0) is 25.4. The van der Waals surface area contributed by atoms with Gasteiger partial charge in [-0.3, -0.25) is 0 Å². The van der Waals surface area contributed by atoms with Gasteiger partial charge in [-0.25, -0.2) is 0 Å². The number of hydrogen-bond acceptors (Lipinski definition) is 9. The number of aliphatic hydroxyl groups excluding tert-OH is 1. The molecule has 0 amide bonds. The molecule has 1 aliphatic heterocycles. The van der Waals surface area contributed by atoms with Gasteiger partial charge >= 0.3 is 0 Å². The van der Waals surface area contributed by atoms with E-state index in [1.165, 1.54) is 4.88 Å². The van der Waals surface area contributed by atoms with Crippen LogP contribution in [0.3, 0.4) is 0 Å². The second-order valence-corrected chi connectivity index (χ2v) is 11.2. The first-order valence-corrected chi connectivity index (χ1v) is 12.9. The molecular weight excluding hydrogens is 476 g/mol. The van der Waals surface area contributed by atoms with Crippen LogP contribution in [-0.4, -0.2) is 52.1 Å². The second kappa shape index (κ2) is 9.63. The molecule has 0 radical (unpaired) electrons. The molecule has 1 spiro atoms. The van der Waals surface area contributed by atoms with Gasteiger partial charge in [0.05, 0.1) is 11.6 Å². The Kier molecular flexibility index (Phi) is 6.53. The average molecular weight is 507 g/mol. The molecule has 8 nitrogen and oxygen atoms in total. The van der Waals surface area contributed by atoms with E-state index in [9.17, 15) is 9.90 Å². The van der Waals surface area contributed by atoms with Crippen molar-refractivity contribution in [1.82, 2.24) is 15.4 Å². The van der Waals surface area contributed by atoms with Crippen LogP contribution in [0, 0.1) is 11.3 Å². The van der Waals surface area contributed by atoms with Crippen LogP contribution in [0.25, 0.3) is 21.5 Å². The Morgan fingerprint density at radius 1 is 1.14 bits per heavy atom. The van der Waals surface area contributed by atoms with Crippen molar-refractivity contribution in [3.63, 3.8) is 0 Å².